The molecule has 0 saturated heterocycles. The summed E-state index contributed by atoms with van der Waals surface area (Å²) < 4.78 is 2.16. The Hall–Kier alpha value is -3.39. The lowest BCUT2D eigenvalue weighted by Gasteiger charge is -2.11. The Morgan fingerprint density at radius 3 is 2.52 bits per heavy atom. The van der Waals surface area contributed by atoms with Crippen molar-refractivity contribution in [2.75, 3.05) is 0 Å². The number of benzene rings is 2. The van der Waals surface area contributed by atoms with Gasteiger partial charge in [-0.3, -0.25) is 14.3 Å². The molecule has 8 nitrogen and oxygen atoms in total. The van der Waals surface area contributed by atoms with E-state index in [2.05, 4.69) is 9.98 Å². The molecule has 0 fully saturated rings. The topological polar surface area (TPSA) is 109 Å². The first-order valence-corrected chi connectivity index (χ1v) is 9.23. The second kappa shape index (κ2) is 8.74. The molecule has 0 aliphatic heterocycles. The molecule has 0 aliphatic carbocycles. The minimum Gasteiger partial charge on any atom is -0.481 e. The van der Waals surface area contributed by atoms with Crippen LogP contribution in [0.1, 0.15) is 17.5 Å². The maximum atomic E-state index is 13.0. The molecule has 150 valence electrons. The summed E-state index contributed by atoms with van der Waals surface area (Å²) in [5.41, 5.74) is 1.05. The van der Waals surface area contributed by atoms with Gasteiger partial charge in [-0.1, -0.05) is 47.5 Å². The Kier molecular flexibility index (Phi) is 6.13. The van der Waals surface area contributed by atoms with Crippen LogP contribution in [0.25, 0.3) is 0 Å². The second-order valence-electron chi connectivity index (χ2n) is 6.50. The largest absolute Gasteiger partial charge is 0.481 e. The average Bonchev–Trinajstić information content (AvgIpc) is 2.66. The van der Waals surface area contributed by atoms with Crippen LogP contribution >= 0.6 is 11.6 Å². The molecule has 0 spiro atoms. The zero-order valence-corrected chi connectivity index (χ0v) is 16.4. The van der Waals surface area contributed by atoms with Crippen LogP contribution in [-0.4, -0.2) is 25.2 Å². The number of nitrogens with zero attached hydrogens (tertiary/aromatic N) is 3. The number of H-pyrrole nitrogens is 1. The number of aromatic nitrogens is 3. The Morgan fingerprint density at radius 1 is 1.14 bits per heavy atom. The highest BCUT2D eigenvalue weighted by atomic mass is 35.5. The van der Waals surface area contributed by atoms with Gasteiger partial charge >= 0.3 is 17.3 Å². The lowest BCUT2D eigenvalue weighted by Crippen LogP contribution is -2.50. The van der Waals surface area contributed by atoms with Crippen LogP contribution < -0.4 is 17.0 Å². The van der Waals surface area contributed by atoms with E-state index in [1.807, 2.05) is 31.2 Å². The number of carbonyl (C=O) groups is 1. The van der Waals surface area contributed by atoms with Crippen LogP contribution in [0.4, 0.5) is 5.69 Å². The van der Waals surface area contributed by atoms with Crippen molar-refractivity contribution in [2.45, 2.75) is 26.4 Å². The van der Waals surface area contributed by atoms with Crippen molar-refractivity contribution in [1.29, 1.82) is 0 Å². The van der Waals surface area contributed by atoms with Crippen LogP contribution in [0.15, 0.2) is 63.1 Å². The number of halogens is 1. The van der Waals surface area contributed by atoms with Crippen LogP contribution in [0.2, 0.25) is 5.02 Å². The zero-order chi connectivity index (χ0) is 21.0. The monoisotopic (exact) mass is 414 g/mol. The van der Waals surface area contributed by atoms with E-state index in [1.54, 1.807) is 24.3 Å². The summed E-state index contributed by atoms with van der Waals surface area (Å²) in [5.74, 6) is -1.10. The summed E-state index contributed by atoms with van der Waals surface area (Å²) in [7, 11) is 0. The third kappa shape index (κ3) is 5.11. The maximum Gasteiger partial charge on any atom is 0.335 e. The normalized spacial score (nSPS) is 11.6. The maximum absolute atomic E-state index is 13.0. The van der Waals surface area contributed by atoms with Gasteiger partial charge in [0.15, 0.2) is 0 Å². The fraction of sp³-hybridized carbons (Fsp3) is 0.200. The molecule has 1 aromatic heterocycles. The molecule has 3 aromatic rings. The predicted octanol–water partition coefficient (Wildman–Crippen LogP) is 2.06. The number of aromatic amines is 1. The van der Waals surface area contributed by atoms with Gasteiger partial charge in [0.25, 0.3) is 0 Å². The number of hydrogen-bond acceptors (Lipinski definition) is 4. The third-order valence-corrected chi connectivity index (χ3v) is 4.47. The Bertz CT molecular complexity index is 1220. The van der Waals surface area contributed by atoms with Crippen molar-refractivity contribution >= 4 is 23.3 Å². The molecule has 0 radical (unpaired) electrons. The highest BCUT2D eigenvalue weighted by Gasteiger charge is 2.11. The molecule has 9 heteroatoms. The average molecular weight is 415 g/mol. The smallest absolute Gasteiger partial charge is 0.335 e. The summed E-state index contributed by atoms with van der Waals surface area (Å²) in [6, 6.07) is 14.3. The van der Waals surface area contributed by atoms with Crippen molar-refractivity contribution in [1.82, 2.24) is 14.1 Å². The lowest BCUT2D eigenvalue weighted by molar-refractivity contribution is -0.137. The molecule has 0 bridgehead atoms. The van der Waals surface area contributed by atoms with E-state index in [0.29, 0.717) is 10.7 Å². The number of nitrogens with one attached hydrogen (secondary N) is 1. The quantitative estimate of drug-likeness (QED) is 0.643. The first-order chi connectivity index (χ1) is 13.8. The van der Waals surface area contributed by atoms with Gasteiger partial charge in [-0.2, -0.15) is 0 Å². The van der Waals surface area contributed by atoms with Crippen LogP contribution in [0.5, 0.6) is 0 Å². The Morgan fingerprint density at radius 2 is 1.86 bits per heavy atom. The van der Waals surface area contributed by atoms with Crippen molar-refractivity contribution in [3.05, 3.63) is 91.3 Å². The number of aryl methyl sites for hydroxylation is 1. The summed E-state index contributed by atoms with van der Waals surface area (Å²) >= 11 is 5.99. The molecule has 2 aromatic carbocycles. The van der Waals surface area contributed by atoms with Crippen molar-refractivity contribution in [2.24, 2.45) is 4.99 Å². The SMILES string of the molecule is Cc1ccc(Cn2c(=O)n(CCC(=O)O)c(=O)[nH]/c2=N\c2cccc(Cl)c2)cc1. The predicted molar refractivity (Wildman–Crippen MR) is 109 cm³/mol. The van der Waals surface area contributed by atoms with Crippen LogP contribution in [0.3, 0.4) is 0 Å². The summed E-state index contributed by atoms with van der Waals surface area (Å²) in [6.45, 7) is 1.87. The van der Waals surface area contributed by atoms with Gasteiger partial charge in [0.05, 0.1) is 18.7 Å². The minimum absolute atomic E-state index is 0.0504. The first kappa shape index (κ1) is 20.3. The molecular formula is C20H19ClN4O4. The third-order valence-electron chi connectivity index (χ3n) is 4.24. The molecule has 3 rings (SSSR count). The van der Waals surface area contributed by atoms with E-state index < -0.39 is 17.3 Å². The molecule has 0 amide bonds. The minimum atomic E-state index is -1.10. The zero-order valence-electron chi connectivity index (χ0n) is 15.6. The summed E-state index contributed by atoms with van der Waals surface area (Å²) in [6.07, 6.45) is -0.349. The van der Waals surface area contributed by atoms with Gasteiger partial charge in [0.2, 0.25) is 5.62 Å². The van der Waals surface area contributed by atoms with Gasteiger partial charge in [-0.15, -0.1) is 0 Å². The van der Waals surface area contributed by atoms with Crippen molar-refractivity contribution in [3.63, 3.8) is 0 Å². The Labute approximate surface area is 170 Å². The van der Waals surface area contributed by atoms with E-state index in [-0.39, 0.29) is 25.1 Å². The van der Waals surface area contributed by atoms with E-state index in [4.69, 9.17) is 16.7 Å². The molecule has 0 saturated carbocycles. The number of hydrogen-bond donors (Lipinski definition) is 2. The highest BCUT2D eigenvalue weighted by molar-refractivity contribution is 6.30. The molecule has 0 aliphatic rings. The van der Waals surface area contributed by atoms with E-state index in [1.165, 1.54) is 4.57 Å². The van der Waals surface area contributed by atoms with Gasteiger partial charge in [-0.25, -0.2) is 19.1 Å². The highest BCUT2D eigenvalue weighted by Crippen LogP contribution is 2.16. The van der Waals surface area contributed by atoms with E-state index in [9.17, 15) is 14.4 Å². The van der Waals surface area contributed by atoms with Crippen molar-refractivity contribution in [3.8, 4) is 0 Å². The number of carboxylic acid groups (broad SMARTS) is 1. The molecule has 0 unspecified atom stereocenters. The summed E-state index contributed by atoms with van der Waals surface area (Å²) in [4.78, 5) is 43.2. The lowest BCUT2D eigenvalue weighted by atomic mass is 10.1. The second-order valence-corrected chi connectivity index (χ2v) is 6.93. The van der Waals surface area contributed by atoms with Gasteiger partial charge in [0.1, 0.15) is 0 Å². The van der Waals surface area contributed by atoms with Crippen LogP contribution in [0, 0.1) is 6.92 Å². The van der Waals surface area contributed by atoms with Crippen LogP contribution in [-0.2, 0) is 17.9 Å². The number of rotatable bonds is 6. The summed E-state index contributed by atoms with van der Waals surface area (Å²) in [5, 5.41) is 9.36. The molecule has 29 heavy (non-hydrogen) atoms. The number of carboxylic acids is 1. The Balaban J connectivity index is 2.18. The standard InChI is InChI=1S/C20H19ClN4O4/c1-13-5-7-14(8-6-13)12-25-18(22-16-4-2-3-15(21)11-16)23-19(28)24(20(25)29)10-9-17(26)27/h2-8,11H,9-10,12H2,1H3,(H,26,27)(H,22,23,28). The van der Waals surface area contributed by atoms with Gasteiger partial charge in [-0.05, 0) is 30.7 Å². The fourth-order valence-corrected chi connectivity index (χ4v) is 2.92. The fourth-order valence-electron chi connectivity index (χ4n) is 2.73. The van der Waals surface area contributed by atoms with Gasteiger partial charge < -0.3 is 5.11 Å². The molecule has 2 N–H and O–H groups in total. The van der Waals surface area contributed by atoms with E-state index >= 15 is 0 Å². The molecular weight excluding hydrogens is 396 g/mol. The first-order valence-electron chi connectivity index (χ1n) is 8.85. The number of aliphatic carboxylic acids is 1. The molecule has 1 heterocycles. The van der Waals surface area contributed by atoms with Gasteiger partial charge in [0, 0.05) is 11.6 Å². The van der Waals surface area contributed by atoms with E-state index in [0.717, 1.165) is 15.7 Å². The van der Waals surface area contributed by atoms with Crippen molar-refractivity contribution < 1.29 is 9.90 Å². The molecule has 0 atom stereocenters.